The summed E-state index contributed by atoms with van der Waals surface area (Å²) < 4.78 is 18.0. The Bertz CT molecular complexity index is 314. The van der Waals surface area contributed by atoms with Gasteiger partial charge in [-0.1, -0.05) is 0 Å². The van der Waals surface area contributed by atoms with Crippen molar-refractivity contribution < 1.29 is 9.13 Å². The molecule has 1 unspecified atom stereocenters. The molecule has 1 aromatic carbocycles. The first-order valence-electron chi connectivity index (χ1n) is 5.15. The smallest absolute Gasteiger partial charge is 0.126 e. The maximum Gasteiger partial charge on any atom is 0.126 e. The lowest BCUT2D eigenvalue weighted by molar-refractivity contribution is 0.191. The number of hydrogen-bond donors (Lipinski definition) is 1. The first-order chi connectivity index (χ1) is 7.13. The molecule has 0 saturated carbocycles. The summed E-state index contributed by atoms with van der Waals surface area (Å²) >= 11 is 0. The maximum atomic E-state index is 13.0. The Morgan fingerprint density at radius 1 is 1.47 bits per heavy atom. The van der Waals surface area contributed by atoms with Gasteiger partial charge in [-0.05, 0) is 44.0 Å². The molecule has 3 heteroatoms. The Morgan fingerprint density at radius 3 is 2.80 bits per heavy atom. The molecule has 1 atom stereocenters. The van der Waals surface area contributed by atoms with Gasteiger partial charge in [0.05, 0.1) is 0 Å². The highest BCUT2D eigenvalue weighted by Crippen LogP contribution is 2.15. The number of methoxy groups -OCH3 is 1. The molecule has 2 nitrogen and oxygen atoms in total. The molecule has 1 aromatic rings. The van der Waals surface area contributed by atoms with Crippen LogP contribution in [0.1, 0.15) is 18.9 Å². The van der Waals surface area contributed by atoms with E-state index in [4.69, 9.17) is 4.74 Å². The molecule has 0 spiro atoms. The minimum atomic E-state index is -0.162. The largest absolute Gasteiger partial charge is 0.385 e. The van der Waals surface area contributed by atoms with Crippen LogP contribution in [-0.4, -0.2) is 19.8 Å². The standard InChI is InChI=1S/C12H18FNO/c1-9-8-11(4-5-12(9)13)14-10(2)6-7-15-3/h4-5,8,10,14H,6-7H2,1-3H3. The van der Waals surface area contributed by atoms with Gasteiger partial charge in [-0.3, -0.25) is 0 Å². The van der Waals surface area contributed by atoms with Gasteiger partial charge in [0, 0.05) is 25.4 Å². The first-order valence-corrected chi connectivity index (χ1v) is 5.15. The van der Waals surface area contributed by atoms with Crippen molar-refractivity contribution in [2.24, 2.45) is 0 Å². The van der Waals surface area contributed by atoms with Crippen LogP contribution in [0.3, 0.4) is 0 Å². The summed E-state index contributed by atoms with van der Waals surface area (Å²) in [5.41, 5.74) is 1.62. The summed E-state index contributed by atoms with van der Waals surface area (Å²) in [7, 11) is 1.69. The van der Waals surface area contributed by atoms with Gasteiger partial charge >= 0.3 is 0 Å². The van der Waals surface area contributed by atoms with Crippen molar-refractivity contribution in [2.75, 3.05) is 19.0 Å². The third-order valence-corrected chi connectivity index (χ3v) is 2.33. The van der Waals surface area contributed by atoms with Crippen LogP contribution in [0.15, 0.2) is 18.2 Å². The molecule has 0 fully saturated rings. The number of hydrogen-bond acceptors (Lipinski definition) is 2. The summed E-state index contributed by atoms with van der Waals surface area (Å²) in [6, 6.07) is 5.39. The second kappa shape index (κ2) is 5.71. The van der Waals surface area contributed by atoms with Gasteiger partial charge in [0.25, 0.3) is 0 Å². The number of aryl methyl sites for hydroxylation is 1. The molecule has 15 heavy (non-hydrogen) atoms. The molecule has 0 saturated heterocycles. The molecule has 0 bridgehead atoms. The fraction of sp³-hybridized carbons (Fsp3) is 0.500. The van der Waals surface area contributed by atoms with E-state index in [1.54, 1.807) is 20.1 Å². The number of rotatable bonds is 5. The molecule has 84 valence electrons. The minimum Gasteiger partial charge on any atom is -0.385 e. The van der Waals surface area contributed by atoms with Crippen LogP contribution in [0.25, 0.3) is 0 Å². The Hall–Kier alpha value is -1.09. The summed E-state index contributed by atoms with van der Waals surface area (Å²) in [6.45, 7) is 4.58. The number of halogens is 1. The third kappa shape index (κ3) is 3.88. The number of nitrogens with one attached hydrogen (secondary N) is 1. The zero-order chi connectivity index (χ0) is 11.3. The lowest BCUT2D eigenvalue weighted by Gasteiger charge is -2.15. The van der Waals surface area contributed by atoms with E-state index in [2.05, 4.69) is 12.2 Å². The molecule has 0 aromatic heterocycles. The fourth-order valence-corrected chi connectivity index (χ4v) is 1.39. The number of anilines is 1. The first kappa shape index (κ1) is 12.0. The Kier molecular flexibility index (Phi) is 4.56. The van der Waals surface area contributed by atoms with Gasteiger partial charge in [0.2, 0.25) is 0 Å². The Balaban J connectivity index is 2.53. The van der Waals surface area contributed by atoms with E-state index in [0.29, 0.717) is 11.6 Å². The van der Waals surface area contributed by atoms with Crippen LogP contribution in [0, 0.1) is 12.7 Å². The normalized spacial score (nSPS) is 12.5. The van der Waals surface area contributed by atoms with E-state index >= 15 is 0 Å². The highest BCUT2D eigenvalue weighted by Gasteiger charge is 2.03. The van der Waals surface area contributed by atoms with Crippen molar-refractivity contribution in [2.45, 2.75) is 26.3 Å². The van der Waals surface area contributed by atoms with Crippen molar-refractivity contribution in [3.63, 3.8) is 0 Å². The molecule has 0 radical (unpaired) electrons. The Labute approximate surface area is 90.4 Å². The quantitative estimate of drug-likeness (QED) is 0.808. The van der Waals surface area contributed by atoms with Crippen LogP contribution in [0.5, 0.6) is 0 Å². The van der Waals surface area contributed by atoms with Crippen molar-refractivity contribution in [1.29, 1.82) is 0 Å². The van der Waals surface area contributed by atoms with Gasteiger partial charge in [-0.2, -0.15) is 0 Å². The van der Waals surface area contributed by atoms with E-state index in [0.717, 1.165) is 18.7 Å². The SMILES string of the molecule is COCCC(C)Nc1ccc(F)c(C)c1. The Morgan fingerprint density at radius 2 is 2.20 bits per heavy atom. The molecule has 0 amide bonds. The van der Waals surface area contributed by atoms with Crippen LogP contribution >= 0.6 is 0 Å². The third-order valence-electron chi connectivity index (χ3n) is 2.33. The summed E-state index contributed by atoms with van der Waals surface area (Å²) in [6.07, 6.45) is 0.937. The van der Waals surface area contributed by atoms with Gasteiger partial charge in [-0.15, -0.1) is 0 Å². The van der Waals surface area contributed by atoms with Crippen molar-refractivity contribution in [1.82, 2.24) is 0 Å². The lowest BCUT2D eigenvalue weighted by Crippen LogP contribution is -2.17. The summed E-state index contributed by atoms with van der Waals surface area (Å²) in [5, 5.41) is 3.30. The zero-order valence-corrected chi connectivity index (χ0v) is 9.51. The fourth-order valence-electron chi connectivity index (χ4n) is 1.39. The van der Waals surface area contributed by atoms with Crippen LogP contribution < -0.4 is 5.32 Å². The van der Waals surface area contributed by atoms with Gasteiger partial charge in [0.1, 0.15) is 5.82 Å². The predicted molar refractivity (Wildman–Crippen MR) is 60.7 cm³/mol. The van der Waals surface area contributed by atoms with E-state index in [-0.39, 0.29) is 5.82 Å². The van der Waals surface area contributed by atoms with E-state index < -0.39 is 0 Å². The lowest BCUT2D eigenvalue weighted by atomic mass is 10.2. The second-order valence-corrected chi connectivity index (χ2v) is 3.79. The number of ether oxygens (including phenoxy) is 1. The van der Waals surface area contributed by atoms with Gasteiger partial charge in [-0.25, -0.2) is 4.39 Å². The van der Waals surface area contributed by atoms with Crippen molar-refractivity contribution in [3.05, 3.63) is 29.6 Å². The van der Waals surface area contributed by atoms with Gasteiger partial charge in [0.15, 0.2) is 0 Å². The molecular weight excluding hydrogens is 193 g/mol. The monoisotopic (exact) mass is 211 g/mol. The molecule has 0 aliphatic carbocycles. The topological polar surface area (TPSA) is 21.3 Å². The predicted octanol–water partition coefficient (Wildman–Crippen LogP) is 2.97. The average molecular weight is 211 g/mol. The highest BCUT2D eigenvalue weighted by molar-refractivity contribution is 5.46. The molecule has 1 rings (SSSR count). The molecule has 1 N–H and O–H groups in total. The molecule has 0 aliphatic heterocycles. The number of benzene rings is 1. The summed E-state index contributed by atoms with van der Waals surface area (Å²) in [5.74, 6) is -0.162. The van der Waals surface area contributed by atoms with Crippen LogP contribution in [0.4, 0.5) is 10.1 Å². The van der Waals surface area contributed by atoms with Crippen LogP contribution in [-0.2, 0) is 4.74 Å². The van der Waals surface area contributed by atoms with E-state index in [9.17, 15) is 4.39 Å². The summed E-state index contributed by atoms with van der Waals surface area (Å²) in [4.78, 5) is 0. The molecule has 0 heterocycles. The van der Waals surface area contributed by atoms with E-state index in [1.807, 2.05) is 6.07 Å². The minimum absolute atomic E-state index is 0.162. The average Bonchev–Trinajstić information content (AvgIpc) is 2.20. The van der Waals surface area contributed by atoms with Crippen molar-refractivity contribution >= 4 is 5.69 Å². The van der Waals surface area contributed by atoms with Gasteiger partial charge < -0.3 is 10.1 Å². The van der Waals surface area contributed by atoms with E-state index in [1.165, 1.54) is 6.07 Å². The second-order valence-electron chi connectivity index (χ2n) is 3.79. The molecular formula is C12H18FNO. The van der Waals surface area contributed by atoms with Crippen molar-refractivity contribution in [3.8, 4) is 0 Å². The zero-order valence-electron chi connectivity index (χ0n) is 9.51. The highest BCUT2D eigenvalue weighted by atomic mass is 19.1. The maximum absolute atomic E-state index is 13.0. The van der Waals surface area contributed by atoms with Crippen LogP contribution in [0.2, 0.25) is 0 Å². The molecule has 0 aliphatic rings.